The van der Waals surface area contributed by atoms with E-state index in [2.05, 4.69) is 22.5 Å². The van der Waals surface area contributed by atoms with Crippen molar-refractivity contribution in [3.63, 3.8) is 0 Å². The molecule has 0 bridgehead atoms. The fraction of sp³-hybridized carbons (Fsp3) is 0.167. The predicted molar refractivity (Wildman–Crippen MR) is 88.1 cm³/mol. The number of phenolic OH excluding ortho intramolecular Hbond substituents is 1. The van der Waals surface area contributed by atoms with Crippen LogP contribution in [0, 0.1) is 6.92 Å². The van der Waals surface area contributed by atoms with Crippen molar-refractivity contribution >= 4 is 32.6 Å². The van der Waals surface area contributed by atoms with Crippen LogP contribution in [0.4, 0.5) is 0 Å². The Bertz CT molecular complexity index is 1050. The lowest BCUT2D eigenvalue weighted by molar-refractivity contribution is 0.278. The number of phenols is 1. The van der Waals surface area contributed by atoms with Crippen LogP contribution in [0.5, 0.6) is 5.75 Å². The highest BCUT2D eigenvalue weighted by Crippen LogP contribution is 2.36. The summed E-state index contributed by atoms with van der Waals surface area (Å²) in [5.41, 5.74) is 4.05. The SMILES string of the molecule is Cc1c2ccnc(CO)c2cc2c3cc(O)ccc3n(C)c12. The number of nitrogens with zero attached hydrogens (tertiary/aromatic N) is 2. The molecule has 0 unspecified atom stereocenters. The normalized spacial score (nSPS) is 11.8. The van der Waals surface area contributed by atoms with Crippen LogP contribution in [0.25, 0.3) is 32.6 Å². The molecule has 2 aromatic heterocycles. The first-order valence-corrected chi connectivity index (χ1v) is 7.21. The van der Waals surface area contributed by atoms with Gasteiger partial charge in [0.15, 0.2) is 0 Å². The molecule has 110 valence electrons. The molecule has 0 radical (unpaired) electrons. The maximum Gasteiger partial charge on any atom is 0.116 e. The van der Waals surface area contributed by atoms with E-state index in [-0.39, 0.29) is 12.4 Å². The Balaban J connectivity index is 2.31. The zero-order valence-electron chi connectivity index (χ0n) is 12.5. The number of rotatable bonds is 1. The van der Waals surface area contributed by atoms with Gasteiger partial charge in [0.1, 0.15) is 5.75 Å². The molecule has 0 aliphatic carbocycles. The fourth-order valence-electron chi connectivity index (χ4n) is 3.46. The van der Waals surface area contributed by atoms with Gasteiger partial charge in [-0.1, -0.05) is 0 Å². The molecule has 2 N–H and O–H groups in total. The molecule has 0 atom stereocenters. The second kappa shape index (κ2) is 4.45. The minimum atomic E-state index is -0.0850. The van der Waals surface area contributed by atoms with Crippen molar-refractivity contribution < 1.29 is 10.2 Å². The topological polar surface area (TPSA) is 58.3 Å². The lowest BCUT2D eigenvalue weighted by Crippen LogP contribution is -1.94. The van der Waals surface area contributed by atoms with Crippen molar-refractivity contribution in [1.82, 2.24) is 9.55 Å². The van der Waals surface area contributed by atoms with Crippen molar-refractivity contribution in [2.75, 3.05) is 0 Å². The number of aromatic nitrogens is 2. The molecule has 0 aliphatic heterocycles. The van der Waals surface area contributed by atoms with Gasteiger partial charge in [-0.25, -0.2) is 0 Å². The number of aromatic hydroxyl groups is 1. The molecule has 4 heteroatoms. The summed E-state index contributed by atoms with van der Waals surface area (Å²) in [6.07, 6.45) is 1.74. The first-order chi connectivity index (χ1) is 10.6. The maximum absolute atomic E-state index is 9.82. The Morgan fingerprint density at radius 1 is 1.05 bits per heavy atom. The summed E-state index contributed by atoms with van der Waals surface area (Å²) in [7, 11) is 2.04. The third-order valence-electron chi connectivity index (χ3n) is 4.49. The van der Waals surface area contributed by atoms with Crippen LogP contribution in [-0.2, 0) is 13.7 Å². The minimum Gasteiger partial charge on any atom is -0.508 e. The average Bonchev–Trinajstić information content (AvgIpc) is 2.80. The van der Waals surface area contributed by atoms with Gasteiger partial charge < -0.3 is 14.8 Å². The molecule has 0 saturated carbocycles. The summed E-state index contributed by atoms with van der Waals surface area (Å²) in [5, 5.41) is 23.5. The smallest absolute Gasteiger partial charge is 0.116 e. The molecule has 0 amide bonds. The standard InChI is InChI=1S/C18H16N2O2/c1-10-12-5-6-19-16(9-21)13(12)8-15-14-7-11(22)3-4-17(14)20(2)18(10)15/h3-8,21-22H,9H2,1-2H3. The van der Waals surface area contributed by atoms with Gasteiger partial charge in [0.05, 0.1) is 17.8 Å². The van der Waals surface area contributed by atoms with Crippen LogP contribution in [-0.4, -0.2) is 19.8 Å². The van der Waals surface area contributed by atoms with Gasteiger partial charge in [-0.2, -0.15) is 0 Å². The Morgan fingerprint density at radius 3 is 2.64 bits per heavy atom. The van der Waals surface area contributed by atoms with Crippen molar-refractivity contribution in [2.24, 2.45) is 7.05 Å². The Kier molecular flexibility index (Phi) is 2.65. The molecule has 2 heterocycles. The Morgan fingerprint density at radius 2 is 1.86 bits per heavy atom. The van der Waals surface area contributed by atoms with Crippen LogP contribution in [0.2, 0.25) is 0 Å². The van der Waals surface area contributed by atoms with Crippen LogP contribution in [0.15, 0.2) is 36.5 Å². The van der Waals surface area contributed by atoms with E-state index in [1.165, 1.54) is 0 Å². The van der Waals surface area contributed by atoms with E-state index >= 15 is 0 Å². The number of fused-ring (bicyclic) bond motifs is 4. The second-order valence-corrected chi connectivity index (χ2v) is 5.67. The molecule has 0 saturated heterocycles. The Hall–Kier alpha value is -2.59. The molecular formula is C18H16N2O2. The highest BCUT2D eigenvalue weighted by molar-refractivity contribution is 6.15. The number of pyridine rings is 1. The van der Waals surface area contributed by atoms with Gasteiger partial charge in [-0.3, -0.25) is 4.98 Å². The first-order valence-electron chi connectivity index (χ1n) is 7.21. The zero-order valence-corrected chi connectivity index (χ0v) is 12.5. The number of aliphatic hydroxyl groups is 1. The summed E-state index contributed by atoms with van der Waals surface area (Å²) >= 11 is 0. The third kappa shape index (κ3) is 1.58. The van der Waals surface area contributed by atoms with Gasteiger partial charge in [0.25, 0.3) is 0 Å². The summed E-state index contributed by atoms with van der Waals surface area (Å²) in [6.45, 7) is 2.00. The lowest BCUT2D eigenvalue weighted by atomic mass is 10.0. The predicted octanol–water partition coefficient (Wildman–Crippen LogP) is 3.39. The number of benzene rings is 2. The first kappa shape index (κ1) is 13.1. The Labute approximate surface area is 127 Å². The molecule has 4 nitrogen and oxygen atoms in total. The second-order valence-electron chi connectivity index (χ2n) is 5.67. The molecule has 4 rings (SSSR count). The third-order valence-corrected chi connectivity index (χ3v) is 4.49. The maximum atomic E-state index is 9.82. The number of hydrogen-bond donors (Lipinski definition) is 2. The average molecular weight is 292 g/mol. The molecule has 0 aliphatic rings. The molecule has 4 aromatic rings. The van der Waals surface area contributed by atoms with Crippen LogP contribution < -0.4 is 0 Å². The number of aryl methyl sites for hydroxylation is 2. The van der Waals surface area contributed by atoms with E-state index in [4.69, 9.17) is 0 Å². The van der Waals surface area contributed by atoms with Crippen molar-refractivity contribution in [3.05, 3.63) is 47.8 Å². The summed E-state index contributed by atoms with van der Waals surface area (Å²) in [5.74, 6) is 0.256. The van der Waals surface area contributed by atoms with Crippen molar-refractivity contribution in [1.29, 1.82) is 0 Å². The largest absolute Gasteiger partial charge is 0.508 e. The van der Waals surface area contributed by atoms with E-state index in [0.29, 0.717) is 5.69 Å². The molecule has 22 heavy (non-hydrogen) atoms. The summed E-state index contributed by atoms with van der Waals surface area (Å²) in [6, 6.07) is 9.48. The molecule has 2 aromatic carbocycles. The van der Waals surface area contributed by atoms with Crippen molar-refractivity contribution in [2.45, 2.75) is 13.5 Å². The molecular weight excluding hydrogens is 276 g/mol. The van der Waals surface area contributed by atoms with E-state index < -0.39 is 0 Å². The molecule has 0 spiro atoms. The number of hydrogen-bond acceptors (Lipinski definition) is 3. The number of aliphatic hydroxyl groups excluding tert-OH is 1. The summed E-state index contributed by atoms with van der Waals surface area (Å²) in [4.78, 5) is 4.27. The van der Waals surface area contributed by atoms with Crippen molar-refractivity contribution in [3.8, 4) is 5.75 Å². The molecule has 0 fully saturated rings. The van der Waals surface area contributed by atoms with Gasteiger partial charge >= 0.3 is 0 Å². The van der Waals surface area contributed by atoms with E-state index in [1.54, 1.807) is 18.3 Å². The quantitative estimate of drug-likeness (QED) is 0.565. The minimum absolute atomic E-state index is 0.0850. The van der Waals surface area contributed by atoms with Gasteiger partial charge in [-0.15, -0.1) is 0 Å². The monoisotopic (exact) mass is 292 g/mol. The highest BCUT2D eigenvalue weighted by atomic mass is 16.3. The van der Waals surface area contributed by atoms with Gasteiger partial charge in [-0.05, 0) is 48.2 Å². The fourth-order valence-corrected chi connectivity index (χ4v) is 3.46. The van der Waals surface area contributed by atoms with E-state index in [1.807, 2.05) is 19.2 Å². The van der Waals surface area contributed by atoms with Crippen LogP contribution >= 0.6 is 0 Å². The highest BCUT2D eigenvalue weighted by Gasteiger charge is 2.15. The zero-order chi connectivity index (χ0) is 15.4. The van der Waals surface area contributed by atoms with Crippen LogP contribution in [0.3, 0.4) is 0 Å². The van der Waals surface area contributed by atoms with Gasteiger partial charge in [0.2, 0.25) is 0 Å². The van der Waals surface area contributed by atoms with E-state index in [9.17, 15) is 10.2 Å². The van der Waals surface area contributed by atoms with Gasteiger partial charge in [0, 0.05) is 34.9 Å². The van der Waals surface area contributed by atoms with Crippen LogP contribution in [0.1, 0.15) is 11.3 Å². The lowest BCUT2D eigenvalue weighted by Gasteiger charge is -2.09. The summed E-state index contributed by atoms with van der Waals surface area (Å²) < 4.78 is 2.15. The van der Waals surface area contributed by atoms with E-state index in [0.717, 1.165) is 38.1 Å².